The third-order valence-electron chi connectivity index (χ3n) is 6.11. The van der Waals surface area contributed by atoms with Gasteiger partial charge in [0.2, 0.25) is 11.5 Å². The van der Waals surface area contributed by atoms with Crippen molar-refractivity contribution in [2.75, 3.05) is 25.9 Å². The molecule has 3 atom stereocenters. The standard InChI is InChI=1S/C22H20F4N8O4/c1-21(37,22(24,25)26)20(36)33-7-13(23)14(8-33)32-18(35)12-3-11(6-29-19(12)38-2)16-10(5-27)4-15-17(28)30-9-31-34(15)16/h3-4,6,9,13-14,37H,7-8H2,1-2H3,(H,32,35)(H2,28,30,31)/t13?,14-,21-/m1/s1. The number of likely N-dealkylation sites (tertiary alicyclic amines) is 1. The first kappa shape index (κ1) is 26.5. The van der Waals surface area contributed by atoms with Crippen molar-refractivity contribution in [2.24, 2.45) is 0 Å². The second-order valence-corrected chi connectivity index (χ2v) is 8.62. The van der Waals surface area contributed by atoms with Crippen LogP contribution in [0.4, 0.5) is 23.4 Å². The lowest BCUT2D eigenvalue weighted by Crippen LogP contribution is -2.56. The van der Waals surface area contributed by atoms with E-state index in [0.717, 1.165) is 0 Å². The van der Waals surface area contributed by atoms with Gasteiger partial charge in [0.15, 0.2) is 5.82 Å². The number of anilines is 1. The summed E-state index contributed by atoms with van der Waals surface area (Å²) in [6.07, 6.45) is -4.72. The number of carbonyl (C=O) groups excluding carboxylic acids is 2. The van der Waals surface area contributed by atoms with Gasteiger partial charge in [-0.25, -0.2) is 18.9 Å². The lowest BCUT2D eigenvalue weighted by molar-refractivity contribution is -0.249. The molecule has 3 aromatic heterocycles. The number of nitrogens with zero attached hydrogens (tertiary/aromatic N) is 6. The Hall–Kier alpha value is -4.52. The number of fused-ring (bicyclic) bond motifs is 1. The summed E-state index contributed by atoms with van der Waals surface area (Å²) in [6.45, 7) is -1.12. The molecule has 1 aliphatic rings. The van der Waals surface area contributed by atoms with Crippen molar-refractivity contribution in [1.29, 1.82) is 5.26 Å². The highest BCUT2D eigenvalue weighted by molar-refractivity contribution is 5.98. The number of carbonyl (C=O) groups is 2. The van der Waals surface area contributed by atoms with Crippen molar-refractivity contribution < 1.29 is 37.0 Å². The molecule has 4 rings (SSSR count). The first-order valence-electron chi connectivity index (χ1n) is 10.9. The fraction of sp³-hybridized carbons (Fsp3) is 0.364. The Kier molecular flexibility index (Phi) is 6.57. The van der Waals surface area contributed by atoms with Crippen LogP contribution in [0.15, 0.2) is 24.7 Å². The quantitative estimate of drug-likeness (QED) is 0.400. The number of nitrogen functional groups attached to an aromatic ring is 1. The lowest BCUT2D eigenvalue weighted by atomic mass is 10.1. The monoisotopic (exact) mass is 536 g/mol. The van der Waals surface area contributed by atoms with Crippen molar-refractivity contribution in [3.8, 4) is 23.2 Å². The Morgan fingerprint density at radius 1 is 1.29 bits per heavy atom. The van der Waals surface area contributed by atoms with E-state index in [9.17, 15) is 37.5 Å². The second kappa shape index (κ2) is 9.41. The second-order valence-electron chi connectivity index (χ2n) is 8.62. The number of aliphatic hydroxyl groups is 1. The van der Waals surface area contributed by atoms with Gasteiger partial charge in [-0.05, 0) is 19.1 Å². The number of hydrogen-bond acceptors (Lipinski definition) is 9. The molecule has 4 heterocycles. The van der Waals surface area contributed by atoms with E-state index >= 15 is 0 Å². The van der Waals surface area contributed by atoms with Crippen molar-refractivity contribution in [1.82, 2.24) is 29.8 Å². The van der Waals surface area contributed by atoms with Gasteiger partial charge in [0.25, 0.3) is 11.8 Å². The minimum atomic E-state index is -5.28. The molecule has 2 amide bonds. The molecule has 1 unspecified atom stereocenters. The molecule has 0 bridgehead atoms. The largest absolute Gasteiger partial charge is 0.480 e. The van der Waals surface area contributed by atoms with Crippen LogP contribution >= 0.6 is 0 Å². The van der Waals surface area contributed by atoms with Crippen molar-refractivity contribution in [3.05, 3.63) is 35.8 Å². The zero-order valence-electron chi connectivity index (χ0n) is 19.8. The van der Waals surface area contributed by atoms with E-state index in [1.54, 1.807) is 0 Å². The summed E-state index contributed by atoms with van der Waals surface area (Å²) in [5.41, 5.74) is 2.89. The van der Waals surface area contributed by atoms with Crippen LogP contribution in [0.25, 0.3) is 16.8 Å². The highest BCUT2D eigenvalue weighted by Crippen LogP contribution is 2.33. The first-order chi connectivity index (χ1) is 17.8. The van der Waals surface area contributed by atoms with Gasteiger partial charge in [-0.15, -0.1) is 0 Å². The molecule has 16 heteroatoms. The minimum absolute atomic E-state index is 0.0982. The Morgan fingerprint density at radius 2 is 2.00 bits per heavy atom. The molecule has 0 radical (unpaired) electrons. The Labute approximate surface area is 211 Å². The summed E-state index contributed by atoms with van der Waals surface area (Å²) >= 11 is 0. The smallest absolute Gasteiger partial charge is 0.426 e. The average molecular weight is 536 g/mol. The number of rotatable bonds is 5. The average Bonchev–Trinajstić information content (AvgIpc) is 3.43. The van der Waals surface area contributed by atoms with Gasteiger partial charge in [-0.2, -0.15) is 23.5 Å². The van der Waals surface area contributed by atoms with Crippen molar-refractivity contribution in [3.63, 3.8) is 0 Å². The number of nitrogens with one attached hydrogen (secondary N) is 1. The number of aromatic nitrogens is 4. The van der Waals surface area contributed by atoms with Crippen LogP contribution in [0.2, 0.25) is 0 Å². The third kappa shape index (κ3) is 4.41. The van der Waals surface area contributed by atoms with Gasteiger partial charge in [0.1, 0.15) is 29.6 Å². The Balaban J connectivity index is 1.63. The molecule has 0 aliphatic carbocycles. The van der Waals surface area contributed by atoms with Crippen LogP contribution in [-0.4, -0.2) is 85.6 Å². The van der Waals surface area contributed by atoms with Crippen LogP contribution in [-0.2, 0) is 4.79 Å². The number of alkyl halides is 4. The van der Waals surface area contributed by atoms with E-state index in [2.05, 4.69) is 20.4 Å². The summed E-state index contributed by atoms with van der Waals surface area (Å²) < 4.78 is 60.3. The topological polar surface area (TPSA) is 172 Å². The predicted octanol–water partition coefficient (Wildman–Crippen LogP) is 0.846. The number of ether oxygens (including phenoxy) is 1. The molecule has 0 saturated carbocycles. The van der Waals surface area contributed by atoms with Gasteiger partial charge in [-0.3, -0.25) is 9.59 Å². The number of halogens is 4. The maximum Gasteiger partial charge on any atom is 0.426 e. The maximum atomic E-state index is 14.7. The molecular weight excluding hydrogens is 516 g/mol. The molecule has 3 aromatic rings. The van der Waals surface area contributed by atoms with Gasteiger partial charge in [0.05, 0.1) is 31.0 Å². The van der Waals surface area contributed by atoms with Crippen LogP contribution in [0, 0.1) is 11.3 Å². The Bertz CT molecular complexity index is 1470. The van der Waals surface area contributed by atoms with E-state index in [1.807, 2.05) is 6.07 Å². The minimum Gasteiger partial charge on any atom is -0.480 e. The summed E-state index contributed by atoms with van der Waals surface area (Å²) in [5, 5.41) is 25.7. The molecule has 38 heavy (non-hydrogen) atoms. The van der Waals surface area contributed by atoms with Crippen LogP contribution in [0.3, 0.4) is 0 Å². The lowest BCUT2D eigenvalue weighted by Gasteiger charge is -2.29. The number of amides is 2. The maximum absolute atomic E-state index is 14.7. The molecule has 1 aliphatic heterocycles. The van der Waals surface area contributed by atoms with E-state index in [0.29, 0.717) is 10.4 Å². The van der Waals surface area contributed by atoms with E-state index < -0.39 is 48.9 Å². The van der Waals surface area contributed by atoms with Gasteiger partial charge >= 0.3 is 6.18 Å². The van der Waals surface area contributed by atoms with E-state index in [-0.39, 0.29) is 41.0 Å². The third-order valence-corrected chi connectivity index (χ3v) is 6.11. The normalized spacial score (nSPS) is 19.2. The zero-order chi connectivity index (χ0) is 28.0. The molecule has 200 valence electrons. The molecule has 4 N–H and O–H groups in total. The molecule has 0 spiro atoms. The van der Waals surface area contributed by atoms with Crippen LogP contribution in [0.1, 0.15) is 22.8 Å². The van der Waals surface area contributed by atoms with Crippen molar-refractivity contribution >= 4 is 23.1 Å². The van der Waals surface area contributed by atoms with Crippen LogP contribution in [0.5, 0.6) is 5.88 Å². The van der Waals surface area contributed by atoms with Crippen LogP contribution < -0.4 is 15.8 Å². The highest BCUT2D eigenvalue weighted by Gasteiger charge is 2.58. The number of nitriles is 1. The fourth-order valence-corrected chi connectivity index (χ4v) is 4.02. The summed E-state index contributed by atoms with van der Waals surface area (Å²) in [7, 11) is 1.23. The summed E-state index contributed by atoms with van der Waals surface area (Å²) in [6, 6.07) is 3.36. The molecule has 12 nitrogen and oxygen atoms in total. The van der Waals surface area contributed by atoms with Crippen molar-refractivity contribution in [2.45, 2.75) is 30.9 Å². The number of pyridine rings is 1. The number of methoxy groups -OCH3 is 1. The van der Waals surface area contributed by atoms with Gasteiger partial charge < -0.3 is 25.8 Å². The number of nitrogens with two attached hydrogens (primary N) is 1. The molecular formula is C22H20F4N8O4. The van der Waals surface area contributed by atoms with E-state index in [4.69, 9.17) is 10.5 Å². The summed E-state index contributed by atoms with van der Waals surface area (Å²) in [4.78, 5) is 33.8. The predicted molar refractivity (Wildman–Crippen MR) is 121 cm³/mol. The SMILES string of the molecule is COc1ncc(-c2c(C#N)cc3c(N)ncnn23)cc1C(=O)N[C@@H]1CN(C(=O)[C@@](C)(O)C(F)(F)F)CC1F. The van der Waals surface area contributed by atoms with E-state index in [1.165, 1.54) is 36.3 Å². The molecule has 1 saturated heterocycles. The highest BCUT2D eigenvalue weighted by atomic mass is 19.4. The van der Waals surface area contributed by atoms with Gasteiger partial charge in [0, 0.05) is 18.3 Å². The van der Waals surface area contributed by atoms with Gasteiger partial charge in [-0.1, -0.05) is 0 Å². The summed E-state index contributed by atoms with van der Waals surface area (Å²) in [5.74, 6) is -2.72. The molecule has 0 aromatic carbocycles. The first-order valence-corrected chi connectivity index (χ1v) is 10.9. The number of hydrogen-bond donors (Lipinski definition) is 3. The molecule has 1 fully saturated rings. The fourth-order valence-electron chi connectivity index (χ4n) is 4.02. The zero-order valence-corrected chi connectivity index (χ0v) is 19.8. The Morgan fingerprint density at radius 3 is 2.63 bits per heavy atom.